The average Bonchev–Trinajstić information content (AvgIpc) is 2.67. The van der Waals surface area contributed by atoms with Crippen molar-refractivity contribution in [1.29, 1.82) is 0 Å². The maximum Gasteiger partial charge on any atom is 0.288 e. The molecule has 0 spiro atoms. The molecule has 124 valence electrons. The lowest BCUT2D eigenvalue weighted by Gasteiger charge is -1.97. The third-order valence-corrected chi connectivity index (χ3v) is 3.48. The van der Waals surface area contributed by atoms with Gasteiger partial charge < -0.3 is 0 Å². The lowest BCUT2D eigenvalue weighted by Crippen LogP contribution is -1.98. The number of pyridine rings is 1. The highest BCUT2D eigenvalue weighted by molar-refractivity contribution is 5.89. The van der Waals surface area contributed by atoms with E-state index in [9.17, 15) is 4.79 Å². The first-order valence-corrected chi connectivity index (χ1v) is 7.69. The molecule has 0 aliphatic rings. The molecular weight excluding hydrogens is 330 g/mol. The van der Waals surface area contributed by atoms with Crippen LogP contribution >= 0.6 is 0 Å². The minimum absolute atomic E-state index is 0.427. The number of aromatic nitrogens is 7. The Balaban J connectivity index is 2.20. The number of rotatable bonds is 0. The number of para-hydroxylation sites is 1. The van der Waals surface area contributed by atoms with Gasteiger partial charge in [-0.05, 0) is 18.2 Å². The van der Waals surface area contributed by atoms with Gasteiger partial charge in [0.2, 0.25) is 0 Å². The molecule has 8 nitrogen and oxygen atoms in total. The Labute approximate surface area is 146 Å². The maximum atomic E-state index is 11.7. The molecule has 0 unspecified atom stereocenters. The van der Waals surface area contributed by atoms with Crippen LogP contribution in [0.4, 0.5) is 0 Å². The maximum absolute atomic E-state index is 11.7. The van der Waals surface area contributed by atoms with Crippen molar-refractivity contribution in [3.8, 4) is 0 Å². The van der Waals surface area contributed by atoms with Crippen LogP contribution in [0, 0.1) is 0 Å². The van der Waals surface area contributed by atoms with E-state index in [-0.39, 0.29) is 0 Å². The van der Waals surface area contributed by atoms with Crippen molar-refractivity contribution in [3.63, 3.8) is 0 Å². The Hall–Kier alpha value is -3.94. The number of benzene rings is 1. The number of fused-ring (bicyclic) bond motifs is 2. The second-order valence-electron chi connectivity index (χ2n) is 5.21. The van der Waals surface area contributed by atoms with E-state index in [2.05, 4.69) is 34.9 Å². The summed E-state index contributed by atoms with van der Waals surface area (Å²) in [7, 11) is 0. The van der Waals surface area contributed by atoms with Crippen molar-refractivity contribution in [3.05, 3.63) is 77.9 Å². The summed E-state index contributed by atoms with van der Waals surface area (Å²) < 4.78 is 0. The highest BCUT2D eigenvalue weighted by atomic mass is 16.1. The van der Waals surface area contributed by atoms with Gasteiger partial charge in [0.25, 0.3) is 5.56 Å². The molecule has 3 aromatic heterocycles. The summed E-state index contributed by atoms with van der Waals surface area (Å²) in [6.07, 6.45) is 6.79. The molecule has 2 bridgehead atoms. The minimum atomic E-state index is -0.491. The number of hydrogen-bond donors (Lipinski definition) is 0. The van der Waals surface area contributed by atoms with Gasteiger partial charge in [0, 0.05) is 24.0 Å². The standard InChI is InChI=1S/C18H11N7O/c26-16-10-19-9-12-3-1-2-4-13(12)24-18-17-14(22-11-23-18)5-6-15(25-17)20-7-8-21-16/h1-11H. The van der Waals surface area contributed by atoms with Gasteiger partial charge >= 0.3 is 0 Å². The summed E-state index contributed by atoms with van der Waals surface area (Å²) >= 11 is 0. The SMILES string of the molecule is O=c1cncc2ccccc2nc2ncnc3ccc(nccn1)nc32. The Morgan fingerprint density at radius 3 is 2.58 bits per heavy atom. The van der Waals surface area contributed by atoms with Crippen molar-refractivity contribution in [1.82, 2.24) is 34.9 Å². The van der Waals surface area contributed by atoms with Gasteiger partial charge in [-0.1, -0.05) is 18.2 Å². The van der Waals surface area contributed by atoms with Crippen LogP contribution < -0.4 is 5.56 Å². The zero-order chi connectivity index (χ0) is 17.8. The minimum Gasteiger partial charge on any atom is -0.266 e. The van der Waals surface area contributed by atoms with E-state index in [0.717, 1.165) is 11.6 Å². The van der Waals surface area contributed by atoms with Crippen molar-refractivity contribution in [2.24, 2.45) is 0 Å². The van der Waals surface area contributed by atoms with E-state index in [4.69, 9.17) is 0 Å². The predicted molar refractivity (Wildman–Crippen MR) is 96.2 cm³/mol. The molecule has 0 aliphatic carbocycles. The van der Waals surface area contributed by atoms with E-state index in [1.807, 2.05) is 24.3 Å². The quantitative estimate of drug-likeness (QED) is 0.478. The smallest absolute Gasteiger partial charge is 0.266 e. The van der Waals surface area contributed by atoms with E-state index in [0.29, 0.717) is 27.8 Å². The zero-order valence-corrected chi connectivity index (χ0v) is 13.4. The van der Waals surface area contributed by atoms with Crippen LogP contribution in [0.2, 0.25) is 0 Å². The van der Waals surface area contributed by atoms with Crippen LogP contribution in [-0.4, -0.2) is 34.9 Å². The molecule has 0 aliphatic heterocycles. The lowest BCUT2D eigenvalue weighted by atomic mass is 10.2. The molecule has 0 radical (unpaired) electrons. The first-order valence-electron chi connectivity index (χ1n) is 7.69. The molecule has 0 saturated heterocycles. The number of nitrogens with zero attached hydrogens (tertiary/aromatic N) is 7. The molecule has 4 aromatic rings. The normalized spacial score (nSPS) is 10.5. The third kappa shape index (κ3) is 3.29. The van der Waals surface area contributed by atoms with Crippen molar-refractivity contribution < 1.29 is 0 Å². The largest absolute Gasteiger partial charge is 0.288 e. The fourth-order valence-electron chi connectivity index (χ4n) is 2.31. The van der Waals surface area contributed by atoms with Gasteiger partial charge in [-0.15, -0.1) is 0 Å². The molecule has 26 heavy (non-hydrogen) atoms. The van der Waals surface area contributed by atoms with E-state index in [1.165, 1.54) is 18.7 Å². The Bertz CT molecular complexity index is 1280. The molecular formula is C18H11N7O. The second kappa shape index (κ2) is 6.89. The van der Waals surface area contributed by atoms with E-state index in [1.54, 1.807) is 18.3 Å². The topological polar surface area (TPSA) is 107 Å². The molecule has 0 fully saturated rings. The molecule has 8 heteroatoms. The van der Waals surface area contributed by atoms with Gasteiger partial charge in [-0.2, -0.15) is 0 Å². The number of hydrogen-bond acceptors (Lipinski definition) is 8. The second-order valence-corrected chi connectivity index (χ2v) is 5.21. The van der Waals surface area contributed by atoms with E-state index >= 15 is 0 Å². The fraction of sp³-hybridized carbons (Fsp3) is 0. The summed E-state index contributed by atoms with van der Waals surface area (Å²) in [5.41, 5.74) is 2.21. The summed E-state index contributed by atoms with van der Waals surface area (Å²) in [5, 5.41) is 0.731. The first-order chi connectivity index (χ1) is 12.8. The molecule has 0 atom stereocenters. The summed E-state index contributed by atoms with van der Waals surface area (Å²) in [6.45, 7) is 0. The fourth-order valence-corrected chi connectivity index (χ4v) is 2.31. The van der Waals surface area contributed by atoms with Crippen LogP contribution in [0.15, 0.2) is 72.3 Å². The molecule has 0 saturated carbocycles. The van der Waals surface area contributed by atoms with Crippen LogP contribution in [0.3, 0.4) is 0 Å². The van der Waals surface area contributed by atoms with Crippen LogP contribution in [0.25, 0.3) is 33.2 Å². The Kier molecular flexibility index (Phi) is 4.13. The lowest BCUT2D eigenvalue weighted by molar-refractivity contribution is 1.18. The van der Waals surface area contributed by atoms with E-state index < -0.39 is 5.56 Å². The summed E-state index contributed by atoms with van der Waals surface area (Å²) in [5.74, 6) is 0. The van der Waals surface area contributed by atoms with Gasteiger partial charge in [0.1, 0.15) is 11.8 Å². The monoisotopic (exact) mass is 341 g/mol. The predicted octanol–water partition coefficient (Wildman–Crippen LogP) is 1.96. The van der Waals surface area contributed by atoms with Crippen molar-refractivity contribution in [2.75, 3.05) is 0 Å². The van der Waals surface area contributed by atoms with Crippen molar-refractivity contribution >= 4 is 33.2 Å². The van der Waals surface area contributed by atoms with Gasteiger partial charge in [0.05, 0.1) is 17.2 Å². The molecule has 1 aromatic carbocycles. The Morgan fingerprint density at radius 1 is 0.731 bits per heavy atom. The van der Waals surface area contributed by atoms with Crippen LogP contribution in [0.1, 0.15) is 0 Å². The molecule has 0 N–H and O–H groups in total. The molecule has 0 amide bonds. The third-order valence-electron chi connectivity index (χ3n) is 3.48. The van der Waals surface area contributed by atoms with Gasteiger partial charge in [-0.25, -0.2) is 29.9 Å². The highest BCUT2D eigenvalue weighted by Gasteiger charge is 2.02. The van der Waals surface area contributed by atoms with Crippen LogP contribution in [0.5, 0.6) is 0 Å². The first kappa shape index (κ1) is 15.6. The summed E-state index contributed by atoms with van der Waals surface area (Å²) in [4.78, 5) is 41.1. The molecule has 4 rings (SSSR count). The van der Waals surface area contributed by atoms with Crippen LogP contribution in [-0.2, 0) is 0 Å². The average molecular weight is 341 g/mol. The van der Waals surface area contributed by atoms with Crippen molar-refractivity contribution in [2.45, 2.75) is 0 Å². The summed E-state index contributed by atoms with van der Waals surface area (Å²) in [6, 6.07) is 10.9. The zero-order valence-electron chi connectivity index (χ0n) is 13.4. The Morgan fingerprint density at radius 2 is 1.62 bits per heavy atom. The molecule has 3 heterocycles. The van der Waals surface area contributed by atoms with Gasteiger partial charge in [0.15, 0.2) is 11.3 Å². The van der Waals surface area contributed by atoms with Gasteiger partial charge in [-0.3, -0.25) is 9.78 Å². The highest BCUT2D eigenvalue weighted by Crippen LogP contribution is 2.13.